The molecule has 21 heavy (non-hydrogen) atoms. The molecule has 0 aromatic carbocycles. The fraction of sp³-hybridized carbons (Fsp3) is 0.867. The highest BCUT2D eigenvalue weighted by molar-refractivity contribution is 5.86. The zero-order valence-corrected chi connectivity index (χ0v) is 12.3. The van der Waals surface area contributed by atoms with Gasteiger partial charge >= 0.3 is 6.09 Å². The van der Waals surface area contributed by atoms with Crippen LogP contribution in [0.25, 0.3) is 0 Å². The van der Waals surface area contributed by atoms with Crippen molar-refractivity contribution in [3.63, 3.8) is 0 Å². The third-order valence-corrected chi connectivity index (χ3v) is 5.50. The number of carbonyl (C=O) groups is 2. The maximum absolute atomic E-state index is 12.9. The number of carboxylic acid groups (broad SMARTS) is 1. The van der Waals surface area contributed by atoms with Gasteiger partial charge in [0.25, 0.3) is 0 Å². The summed E-state index contributed by atoms with van der Waals surface area (Å²) in [6.07, 6.45) is 4.49. The lowest BCUT2D eigenvalue weighted by molar-refractivity contribution is -0.141. The summed E-state index contributed by atoms with van der Waals surface area (Å²) >= 11 is 0. The van der Waals surface area contributed by atoms with Crippen LogP contribution in [0.4, 0.5) is 4.79 Å². The topological polar surface area (TPSA) is 81.1 Å². The summed E-state index contributed by atoms with van der Waals surface area (Å²) in [5, 5.41) is 18.8. The summed E-state index contributed by atoms with van der Waals surface area (Å²) in [4.78, 5) is 27.4. The van der Waals surface area contributed by atoms with Crippen molar-refractivity contribution in [3.05, 3.63) is 0 Å². The van der Waals surface area contributed by atoms with E-state index in [1.807, 2.05) is 4.90 Å². The van der Waals surface area contributed by atoms with E-state index in [0.29, 0.717) is 13.1 Å². The molecule has 1 saturated carbocycles. The van der Waals surface area contributed by atoms with Crippen LogP contribution in [0.15, 0.2) is 0 Å². The molecule has 3 rings (SSSR count). The first kappa shape index (κ1) is 14.6. The fourth-order valence-electron chi connectivity index (χ4n) is 4.24. The smallest absolute Gasteiger partial charge is 0.407 e. The summed E-state index contributed by atoms with van der Waals surface area (Å²) in [6.45, 7) is 1.64. The number of likely N-dealkylation sites (tertiary alicyclic amines) is 2. The molecular weight excluding hydrogens is 272 g/mol. The van der Waals surface area contributed by atoms with Gasteiger partial charge in [0, 0.05) is 25.7 Å². The predicted octanol–water partition coefficient (Wildman–Crippen LogP) is 1.28. The highest BCUT2D eigenvalue weighted by Gasteiger charge is 2.51. The number of hydrogen-bond acceptors (Lipinski definition) is 3. The molecule has 2 heterocycles. The van der Waals surface area contributed by atoms with Crippen LogP contribution in [0.3, 0.4) is 0 Å². The van der Waals surface area contributed by atoms with Gasteiger partial charge in [0.1, 0.15) is 0 Å². The second kappa shape index (κ2) is 5.48. The number of nitrogens with zero attached hydrogens (tertiary/aromatic N) is 2. The Morgan fingerprint density at radius 1 is 1.14 bits per heavy atom. The molecule has 2 saturated heterocycles. The Morgan fingerprint density at radius 3 is 2.52 bits per heavy atom. The molecule has 3 aliphatic rings. The van der Waals surface area contributed by atoms with Crippen molar-refractivity contribution in [3.8, 4) is 0 Å². The third kappa shape index (κ3) is 2.61. The van der Waals surface area contributed by atoms with Crippen LogP contribution in [-0.4, -0.2) is 63.8 Å². The molecule has 1 atom stereocenters. The second-order valence-corrected chi connectivity index (χ2v) is 6.80. The molecule has 0 unspecified atom stereocenters. The molecule has 1 aliphatic carbocycles. The van der Waals surface area contributed by atoms with E-state index in [-0.39, 0.29) is 18.1 Å². The molecule has 2 N–H and O–H groups in total. The van der Waals surface area contributed by atoms with Gasteiger partial charge in [-0.1, -0.05) is 0 Å². The Balaban J connectivity index is 1.69. The van der Waals surface area contributed by atoms with Crippen molar-refractivity contribution in [1.82, 2.24) is 9.80 Å². The fourth-order valence-corrected chi connectivity index (χ4v) is 4.24. The number of aliphatic hydroxyl groups is 1. The van der Waals surface area contributed by atoms with Crippen molar-refractivity contribution in [2.24, 2.45) is 5.41 Å². The summed E-state index contributed by atoms with van der Waals surface area (Å²) in [5.41, 5.74) is -0.479. The minimum atomic E-state index is -0.916. The number of rotatable bonds is 1. The van der Waals surface area contributed by atoms with E-state index in [0.717, 1.165) is 51.5 Å². The molecule has 1 spiro atoms. The number of carbonyl (C=O) groups excluding carboxylic acids is 1. The minimum Gasteiger partial charge on any atom is -0.465 e. The molecule has 0 bridgehead atoms. The second-order valence-electron chi connectivity index (χ2n) is 6.80. The average molecular weight is 296 g/mol. The van der Waals surface area contributed by atoms with E-state index in [2.05, 4.69) is 0 Å². The Hall–Kier alpha value is -1.30. The van der Waals surface area contributed by atoms with Crippen LogP contribution in [0.5, 0.6) is 0 Å². The Morgan fingerprint density at radius 2 is 1.86 bits per heavy atom. The molecule has 3 fully saturated rings. The van der Waals surface area contributed by atoms with Crippen molar-refractivity contribution in [2.45, 2.75) is 57.1 Å². The monoisotopic (exact) mass is 296 g/mol. The van der Waals surface area contributed by atoms with Gasteiger partial charge in [-0.05, 0) is 44.9 Å². The maximum atomic E-state index is 12.9. The van der Waals surface area contributed by atoms with Gasteiger partial charge in [0.15, 0.2) is 0 Å². The van der Waals surface area contributed by atoms with E-state index in [4.69, 9.17) is 0 Å². The number of amides is 2. The largest absolute Gasteiger partial charge is 0.465 e. The average Bonchev–Trinajstić information content (AvgIpc) is 2.77. The molecule has 118 valence electrons. The SMILES string of the molecule is O=C(O)N1CCC[C@]2(CCN(C3CCC(O)CC3)C2=O)C1. The normalized spacial score (nSPS) is 37.3. The quantitative estimate of drug-likeness (QED) is 0.764. The predicted molar refractivity (Wildman–Crippen MR) is 75.9 cm³/mol. The molecular formula is C15H24N2O4. The lowest BCUT2D eigenvalue weighted by Crippen LogP contribution is -2.51. The van der Waals surface area contributed by atoms with Crippen LogP contribution in [0, 0.1) is 5.41 Å². The van der Waals surface area contributed by atoms with Crippen LogP contribution >= 0.6 is 0 Å². The number of hydrogen-bond donors (Lipinski definition) is 2. The molecule has 6 heteroatoms. The zero-order chi connectivity index (χ0) is 15.0. The lowest BCUT2D eigenvalue weighted by atomic mass is 9.78. The Labute approximate surface area is 124 Å². The van der Waals surface area contributed by atoms with Crippen molar-refractivity contribution in [2.75, 3.05) is 19.6 Å². The van der Waals surface area contributed by atoms with Gasteiger partial charge in [-0.25, -0.2) is 4.79 Å². The first-order valence-corrected chi connectivity index (χ1v) is 7.99. The van der Waals surface area contributed by atoms with Crippen LogP contribution in [0.2, 0.25) is 0 Å². The summed E-state index contributed by atoms with van der Waals surface area (Å²) in [7, 11) is 0. The Kier molecular flexibility index (Phi) is 3.82. The molecule has 0 radical (unpaired) electrons. The van der Waals surface area contributed by atoms with Gasteiger partial charge in [-0.3, -0.25) is 4.79 Å². The maximum Gasteiger partial charge on any atom is 0.407 e. The molecule has 0 aromatic rings. The first-order chi connectivity index (χ1) is 10.0. The summed E-state index contributed by atoms with van der Waals surface area (Å²) < 4.78 is 0. The summed E-state index contributed by atoms with van der Waals surface area (Å²) in [5.74, 6) is 0.148. The molecule has 2 amide bonds. The van der Waals surface area contributed by atoms with E-state index in [1.165, 1.54) is 4.90 Å². The van der Waals surface area contributed by atoms with E-state index >= 15 is 0 Å². The van der Waals surface area contributed by atoms with Crippen molar-refractivity contribution in [1.29, 1.82) is 0 Å². The highest BCUT2D eigenvalue weighted by Crippen LogP contribution is 2.42. The van der Waals surface area contributed by atoms with Crippen LogP contribution < -0.4 is 0 Å². The van der Waals surface area contributed by atoms with E-state index < -0.39 is 11.5 Å². The van der Waals surface area contributed by atoms with Gasteiger partial charge in [-0.15, -0.1) is 0 Å². The van der Waals surface area contributed by atoms with Crippen molar-refractivity contribution >= 4 is 12.0 Å². The van der Waals surface area contributed by atoms with Gasteiger partial charge in [0.05, 0.1) is 11.5 Å². The van der Waals surface area contributed by atoms with Crippen LogP contribution in [-0.2, 0) is 4.79 Å². The number of aliphatic hydroxyl groups excluding tert-OH is 1. The van der Waals surface area contributed by atoms with E-state index in [1.54, 1.807) is 0 Å². The standard InChI is InChI=1S/C15H24N2O4/c18-12-4-2-11(3-5-12)17-9-7-15(13(17)19)6-1-8-16(10-15)14(20)21/h11-12,18H,1-10H2,(H,20,21)/t11?,12?,15-/m0/s1. The lowest BCUT2D eigenvalue weighted by Gasteiger charge is -2.39. The minimum absolute atomic E-state index is 0.148. The zero-order valence-electron chi connectivity index (χ0n) is 12.3. The van der Waals surface area contributed by atoms with Gasteiger partial charge in [0.2, 0.25) is 5.91 Å². The van der Waals surface area contributed by atoms with E-state index in [9.17, 15) is 19.8 Å². The third-order valence-electron chi connectivity index (χ3n) is 5.50. The van der Waals surface area contributed by atoms with Gasteiger partial charge in [-0.2, -0.15) is 0 Å². The van der Waals surface area contributed by atoms with Crippen molar-refractivity contribution < 1.29 is 19.8 Å². The molecule has 2 aliphatic heterocycles. The van der Waals surface area contributed by atoms with Crippen LogP contribution in [0.1, 0.15) is 44.9 Å². The molecule has 0 aromatic heterocycles. The number of piperidine rings is 1. The molecule has 6 nitrogen and oxygen atoms in total. The first-order valence-electron chi connectivity index (χ1n) is 7.99. The summed E-state index contributed by atoms with van der Waals surface area (Å²) in [6, 6.07) is 0.237. The highest BCUT2D eigenvalue weighted by atomic mass is 16.4. The van der Waals surface area contributed by atoms with Gasteiger partial charge < -0.3 is 20.0 Å². The Bertz CT molecular complexity index is 433.